The normalized spacial score (nSPS) is 12.4. The van der Waals surface area contributed by atoms with Crippen molar-refractivity contribution in [1.29, 1.82) is 0 Å². The molecule has 0 radical (unpaired) electrons. The van der Waals surface area contributed by atoms with Crippen LogP contribution in [0.15, 0.2) is 54.6 Å². The van der Waals surface area contributed by atoms with Crippen LogP contribution >= 0.6 is 0 Å². The molecule has 2 atom stereocenters. The van der Waals surface area contributed by atoms with Crippen molar-refractivity contribution in [1.82, 2.24) is 10.2 Å². The zero-order valence-corrected chi connectivity index (χ0v) is 17.2. The molecule has 8 nitrogen and oxygen atoms in total. The molecule has 3 N–H and O–H groups in total. The lowest BCUT2D eigenvalue weighted by atomic mass is 9.95. The first-order chi connectivity index (χ1) is 14.8. The van der Waals surface area contributed by atoms with Crippen molar-refractivity contribution in [3.05, 3.63) is 60.2 Å². The Morgan fingerprint density at radius 1 is 1.00 bits per heavy atom. The monoisotopic (exact) mass is 426 g/mol. The summed E-state index contributed by atoms with van der Waals surface area (Å²) in [5.41, 5.74) is 2.99. The second kappa shape index (κ2) is 11.5. The smallest absolute Gasteiger partial charge is 0.323 e. The van der Waals surface area contributed by atoms with Gasteiger partial charge in [0.15, 0.2) is 0 Å². The van der Waals surface area contributed by atoms with E-state index < -0.39 is 36.5 Å². The molecule has 0 unspecified atom stereocenters. The molecule has 164 valence electrons. The number of carbonyl (C=O) groups excluding carboxylic acids is 2. The molecule has 2 amide bonds. The van der Waals surface area contributed by atoms with Crippen LogP contribution in [0, 0.1) is 5.92 Å². The van der Waals surface area contributed by atoms with Crippen molar-refractivity contribution >= 4 is 24.3 Å². The molecule has 8 heteroatoms. The number of rotatable bonds is 11. The first-order valence-electron chi connectivity index (χ1n) is 9.88. The van der Waals surface area contributed by atoms with E-state index in [4.69, 9.17) is 5.11 Å². The third-order valence-electron chi connectivity index (χ3n) is 4.84. The minimum absolute atomic E-state index is 0.156. The molecule has 31 heavy (non-hydrogen) atoms. The average Bonchev–Trinajstić information content (AvgIpc) is 2.74. The van der Waals surface area contributed by atoms with Crippen LogP contribution in [-0.2, 0) is 20.8 Å². The molecule has 0 spiro atoms. The lowest BCUT2D eigenvalue weighted by molar-refractivity contribution is -0.141. The Morgan fingerprint density at radius 2 is 1.61 bits per heavy atom. The van der Waals surface area contributed by atoms with Gasteiger partial charge in [-0.1, -0.05) is 61.5 Å². The van der Waals surface area contributed by atoms with Gasteiger partial charge in [0.2, 0.25) is 0 Å². The zero-order chi connectivity index (χ0) is 22.8. The maximum Gasteiger partial charge on any atom is 0.323 e. The molecule has 2 aromatic carbocycles. The molecule has 2 aromatic rings. The maximum absolute atomic E-state index is 12.5. The van der Waals surface area contributed by atoms with Crippen LogP contribution in [-0.4, -0.2) is 58.5 Å². The number of benzene rings is 2. The van der Waals surface area contributed by atoms with Crippen LogP contribution in [0.1, 0.15) is 18.9 Å². The van der Waals surface area contributed by atoms with Crippen molar-refractivity contribution in [2.45, 2.75) is 25.8 Å². The molecule has 0 aliphatic heterocycles. The summed E-state index contributed by atoms with van der Waals surface area (Å²) in [6.45, 7) is 0.545. The largest absolute Gasteiger partial charge is 0.481 e. The van der Waals surface area contributed by atoms with Gasteiger partial charge in [0.25, 0.3) is 0 Å². The van der Waals surface area contributed by atoms with E-state index in [0.29, 0.717) is 12.7 Å². The highest BCUT2D eigenvalue weighted by molar-refractivity contribution is 5.82. The lowest BCUT2D eigenvalue weighted by Crippen LogP contribution is -2.48. The first kappa shape index (κ1) is 23.6. The van der Waals surface area contributed by atoms with E-state index >= 15 is 0 Å². The Morgan fingerprint density at radius 3 is 2.16 bits per heavy atom. The fourth-order valence-electron chi connectivity index (χ4n) is 3.21. The second-order valence-corrected chi connectivity index (χ2v) is 7.33. The second-order valence-electron chi connectivity index (χ2n) is 7.33. The van der Waals surface area contributed by atoms with Crippen LogP contribution in [0.3, 0.4) is 0 Å². The quantitative estimate of drug-likeness (QED) is 0.475. The number of urea groups is 1. The minimum Gasteiger partial charge on any atom is -0.481 e. The third kappa shape index (κ3) is 7.58. The summed E-state index contributed by atoms with van der Waals surface area (Å²) >= 11 is 0. The number of carboxylic acids is 2. The number of carbonyl (C=O) groups is 4. The molecule has 0 aliphatic carbocycles. The van der Waals surface area contributed by atoms with E-state index in [-0.39, 0.29) is 13.0 Å². The highest BCUT2D eigenvalue weighted by atomic mass is 16.4. The van der Waals surface area contributed by atoms with Crippen molar-refractivity contribution in [3.8, 4) is 11.1 Å². The van der Waals surface area contributed by atoms with Gasteiger partial charge in [0.05, 0.1) is 12.5 Å². The number of nitrogens with zero attached hydrogens (tertiary/aromatic N) is 1. The SMILES string of the molecule is C[C@H](C[C@@H](Cc1ccc(-c2ccccc2)cc1)NC(=O)N(CC=O)CC(=O)O)C(=O)O. The Hall–Kier alpha value is -3.68. The maximum atomic E-state index is 12.5. The van der Waals surface area contributed by atoms with Gasteiger partial charge in [0.1, 0.15) is 12.8 Å². The van der Waals surface area contributed by atoms with Gasteiger partial charge in [-0.05, 0) is 29.5 Å². The van der Waals surface area contributed by atoms with Crippen molar-refractivity contribution in [3.63, 3.8) is 0 Å². The number of amides is 2. The molecule has 0 aromatic heterocycles. The Labute approximate surface area is 180 Å². The van der Waals surface area contributed by atoms with Crippen LogP contribution < -0.4 is 5.32 Å². The van der Waals surface area contributed by atoms with Crippen LogP contribution in [0.4, 0.5) is 4.79 Å². The fourth-order valence-corrected chi connectivity index (χ4v) is 3.21. The number of nitrogens with one attached hydrogen (secondary N) is 1. The molecule has 2 rings (SSSR count). The average molecular weight is 426 g/mol. The van der Waals surface area contributed by atoms with Crippen LogP contribution in [0.25, 0.3) is 11.1 Å². The van der Waals surface area contributed by atoms with Crippen LogP contribution in [0.5, 0.6) is 0 Å². The molecular formula is C23H26N2O6. The number of aliphatic carboxylic acids is 2. The van der Waals surface area contributed by atoms with Crippen molar-refractivity contribution in [2.75, 3.05) is 13.1 Å². The van der Waals surface area contributed by atoms with E-state index in [1.165, 1.54) is 0 Å². The molecular weight excluding hydrogens is 400 g/mol. The van der Waals surface area contributed by atoms with E-state index in [9.17, 15) is 24.3 Å². The molecule has 0 aliphatic rings. The van der Waals surface area contributed by atoms with Crippen molar-refractivity contribution in [2.24, 2.45) is 5.92 Å². The van der Waals surface area contributed by atoms with Gasteiger partial charge in [-0.15, -0.1) is 0 Å². The van der Waals surface area contributed by atoms with Gasteiger partial charge in [-0.25, -0.2) is 4.79 Å². The van der Waals surface area contributed by atoms with Gasteiger partial charge in [0, 0.05) is 6.04 Å². The summed E-state index contributed by atoms with van der Waals surface area (Å²) in [6.07, 6.45) is 0.962. The van der Waals surface area contributed by atoms with Crippen molar-refractivity contribution < 1.29 is 29.4 Å². The summed E-state index contributed by atoms with van der Waals surface area (Å²) in [7, 11) is 0. The number of aldehydes is 1. The summed E-state index contributed by atoms with van der Waals surface area (Å²) in [5.74, 6) is -2.95. The van der Waals surface area contributed by atoms with E-state index in [1.807, 2.05) is 54.6 Å². The predicted molar refractivity (Wildman–Crippen MR) is 115 cm³/mol. The predicted octanol–water partition coefficient (Wildman–Crippen LogP) is 2.67. The van der Waals surface area contributed by atoms with Gasteiger partial charge in [-0.2, -0.15) is 0 Å². The van der Waals surface area contributed by atoms with Gasteiger partial charge < -0.3 is 25.2 Å². The summed E-state index contributed by atoms with van der Waals surface area (Å²) in [5, 5.41) is 20.9. The zero-order valence-electron chi connectivity index (χ0n) is 17.2. The van der Waals surface area contributed by atoms with E-state index in [0.717, 1.165) is 21.6 Å². The number of hydrogen-bond donors (Lipinski definition) is 3. The van der Waals surface area contributed by atoms with Gasteiger partial charge >= 0.3 is 18.0 Å². The number of carboxylic acid groups (broad SMARTS) is 2. The Balaban J connectivity index is 2.15. The summed E-state index contributed by atoms with van der Waals surface area (Å²) in [6, 6.07) is 16.3. The van der Waals surface area contributed by atoms with Crippen LogP contribution in [0.2, 0.25) is 0 Å². The molecule has 0 bridgehead atoms. The first-order valence-corrected chi connectivity index (χ1v) is 9.88. The fraction of sp³-hybridized carbons (Fsp3) is 0.304. The Bertz CT molecular complexity index is 898. The van der Waals surface area contributed by atoms with E-state index in [1.54, 1.807) is 6.92 Å². The molecule has 0 fully saturated rings. The standard InChI is InChI=1S/C23H26N2O6/c1-16(22(29)30)13-20(24-23(31)25(11-12-26)15-21(27)28)14-17-7-9-19(10-8-17)18-5-3-2-4-6-18/h2-10,12,16,20H,11,13-15H2,1H3,(H,24,31)(H,27,28)(H,29,30)/t16-,20+/m1/s1. The summed E-state index contributed by atoms with van der Waals surface area (Å²) < 4.78 is 0. The molecule has 0 saturated heterocycles. The minimum atomic E-state index is -1.25. The van der Waals surface area contributed by atoms with Gasteiger partial charge in [-0.3, -0.25) is 9.59 Å². The molecule has 0 heterocycles. The third-order valence-corrected chi connectivity index (χ3v) is 4.84. The topological polar surface area (TPSA) is 124 Å². The Kier molecular flexibility index (Phi) is 8.75. The number of hydrogen-bond acceptors (Lipinski definition) is 4. The lowest BCUT2D eigenvalue weighted by Gasteiger charge is -2.25. The summed E-state index contributed by atoms with van der Waals surface area (Å²) in [4.78, 5) is 46.4. The highest BCUT2D eigenvalue weighted by Gasteiger charge is 2.24. The van der Waals surface area contributed by atoms with E-state index in [2.05, 4.69) is 5.32 Å². The molecule has 0 saturated carbocycles. The highest BCUT2D eigenvalue weighted by Crippen LogP contribution is 2.20.